The zero-order valence-electron chi connectivity index (χ0n) is 81.7. The predicted molar refractivity (Wildman–Crippen MR) is 537 cm³/mol. The number of phenols is 2. The predicted octanol–water partition coefficient (Wildman–Crippen LogP) is 14.0. The van der Waals surface area contributed by atoms with E-state index in [-0.39, 0.29) is 176 Å². The largest absolute Gasteiger partial charge is 1.00 e. The number of benzene rings is 11. The standard InChI is InChI=1S/C18H17FO4.C18H18N2O3.C17H18N2O2.C17H16N2O2.C10H9FO4.C8H7FO3.C7H7Br.C3H5ClO.C2H4O2.CH2O3.Al.3ClH.2K.H4N2.H/c1-3-16(20)13-9-14(18(21)22-2)17(10-15(13)19)23-11-12-7-5-4-6-8-12;1-3-15-13-9-14(18(21)22-2)17(10-16(13)20-19-15)23-11-12-7-5-4-6-8-12;2*1-2-15-14-8-13(10-20)17(9-16(14)19-18-15)21-11-12-6-4-3-5-7-12;1-2-8(12)5-3-6(10(14)15)9(13)4-7(5)11;1-12-8(11)6-3-2-5(9)4-7(6)10;8-6-7-4-2-1-3-5-7;1-2-3(4)5;1-2(3)4;2-1-4-3;;;;;;;1-2;/h4-10H,3,11H2,1-2H3;4-10H,3,11H2,1-2H3,(H,19,20);3-9,20H,2,10-11H2,1H3,(H,18,19);3-10H,2,11H2,1H3,(H,18,19);3-4,13H,2H2,1H3,(H,14,15);2-4,10H,1H3;1-5H,6H2;2H2,1H3;1H3,(H,3,4);1,3H;;3*1H;;;1-2H2;/q;;;;;;;;;;+3;;;;2*+1;;-1/p-4. The van der Waals surface area contributed by atoms with Gasteiger partial charge in [-0.3, -0.25) is 55.7 Å². The van der Waals surface area contributed by atoms with Crippen molar-refractivity contribution in [2.75, 3.05) is 21.3 Å². The Morgan fingerprint density at radius 2 is 0.826 bits per heavy atom. The van der Waals surface area contributed by atoms with Crippen molar-refractivity contribution >= 4 is 161 Å². The molecule has 12 N–H and O–H groups in total. The molecule has 0 aliphatic rings. The second-order valence-electron chi connectivity index (χ2n) is 28.2. The molecule has 0 saturated carbocycles. The van der Waals surface area contributed by atoms with Gasteiger partial charge in [0.15, 0.2) is 17.9 Å². The number of esters is 3. The Morgan fingerprint density at radius 3 is 1.18 bits per heavy atom. The van der Waals surface area contributed by atoms with Crippen LogP contribution in [-0.2, 0) is 91.1 Å². The Bertz CT molecular complexity index is 6330. The zero-order chi connectivity index (χ0) is 106. The van der Waals surface area contributed by atoms with Gasteiger partial charge in [-0.15, -0.1) is 0 Å². The number of aromatic hydroxyl groups is 2. The van der Waals surface area contributed by atoms with Gasteiger partial charge in [0.1, 0.15) is 101 Å². The van der Waals surface area contributed by atoms with Crippen molar-refractivity contribution in [3.05, 3.63) is 337 Å². The van der Waals surface area contributed by atoms with Gasteiger partial charge < -0.3 is 70.3 Å². The van der Waals surface area contributed by atoms with Crippen LogP contribution in [-0.4, -0.2) is 148 Å². The van der Waals surface area contributed by atoms with Crippen LogP contribution >= 0.6 is 57.7 Å². The summed E-state index contributed by atoms with van der Waals surface area (Å²) in [5, 5.41) is 77.6. The summed E-state index contributed by atoms with van der Waals surface area (Å²) in [4.78, 5) is 109. The fraction of sp³-hybridized carbons (Fsp3) is 0.218. The Kier molecular flexibility index (Phi) is 67.6. The fourth-order valence-electron chi connectivity index (χ4n) is 11.8. The minimum Gasteiger partial charge on any atom is -1.00 e. The average molecular weight is 2200 g/mol. The number of rotatable bonds is 28. The van der Waals surface area contributed by atoms with Gasteiger partial charge in [-0.25, -0.2) is 62.5 Å². The molecule has 14 aromatic rings. The van der Waals surface area contributed by atoms with Gasteiger partial charge in [-0.05, 0) is 101 Å². The van der Waals surface area contributed by atoms with Crippen LogP contribution < -0.4 is 139 Å². The number of ether oxygens (including phenoxy) is 7. The molecule has 0 radical (unpaired) electrons. The van der Waals surface area contributed by atoms with E-state index in [0.717, 1.165) is 146 Å². The average Bonchev–Trinajstić information content (AvgIpc) is 1.61. The van der Waals surface area contributed by atoms with Crippen molar-refractivity contribution in [1.29, 1.82) is 0 Å². The minimum absolute atomic E-state index is 0. The molecule has 756 valence electrons. The molecule has 0 unspecified atom stereocenters. The molecule has 3 aromatic heterocycles. The molecular weight excluding hydrogens is 2090 g/mol. The number of aromatic amines is 3. The van der Waals surface area contributed by atoms with E-state index < -0.39 is 81.5 Å². The van der Waals surface area contributed by atoms with E-state index in [1.54, 1.807) is 26.0 Å². The third kappa shape index (κ3) is 46.7. The van der Waals surface area contributed by atoms with Crippen LogP contribution in [0.5, 0.6) is 34.5 Å². The molecule has 43 heteroatoms. The second-order valence-corrected chi connectivity index (χ2v) is 35.7. The first kappa shape index (κ1) is 131. The molecule has 0 amide bonds. The van der Waals surface area contributed by atoms with Gasteiger partial charge in [0.25, 0.3) is 12.4 Å². The number of methoxy groups -OCH3 is 3. The van der Waals surface area contributed by atoms with E-state index in [0.29, 0.717) is 60.7 Å². The number of H-pyrrole nitrogens is 3. The molecule has 0 aliphatic carbocycles. The minimum atomic E-state index is -1.72. The number of aliphatic hydroxyl groups is 1. The van der Waals surface area contributed by atoms with Gasteiger partial charge in [0.2, 0.25) is 5.24 Å². The molecule has 0 fully saturated rings. The molecule has 14 rings (SSSR count). The van der Waals surface area contributed by atoms with Crippen molar-refractivity contribution in [1.82, 2.24) is 30.6 Å². The third-order valence-electron chi connectivity index (χ3n) is 18.7. The van der Waals surface area contributed by atoms with Gasteiger partial charge in [0, 0.05) is 95.3 Å². The molecule has 144 heavy (non-hydrogen) atoms. The number of alkyl halides is 1. The van der Waals surface area contributed by atoms with Crippen molar-refractivity contribution in [3.63, 3.8) is 0 Å². The SMILES string of the molecule is BrCc1ccccc1.CC(=O)O.CCC(=O)Cl.CCC(=O)c1cc(C(=O)O)c(O)cc1F.CCC(=O)c1cc(C(=O)OC)c(OCc2ccccc2)cc1F.CCc1[nH]nc2cc(OCc3ccccc3)c(CO)cc12.CCc1n[nH]c2cc(OCc3ccccc3)c(C(=O)OC)cc12.CCc1n[nH]c2cc(OCc3ccccc3)c(C=O)cc12.COC(=O)c1ccc(F)cc1O.NN.O=CO[O-].[Cl][Al]([Cl])[Cl].[H-].[K+].[K+]. The summed E-state index contributed by atoms with van der Waals surface area (Å²) in [7, 11) is 18.6. The Balaban J connectivity index is 0.00000164. The van der Waals surface area contributed by atoms with E-state index in [1.165, 1.54) is 39.9 Å². The number of aliphatic carboxylic acids is 1. The summed E-state index contributed by atoms with van der Waals surface area (Å²) in [5.74, 6) is 1.55. The number of carboxylic acid groups (broad SMARTS) is 2. The summed E-state index contributed by atoms with van der Waals surface area (Å²) in [5.41, 5.74) is 11.7. The molecule has 0 atom stereocenters. The number of aliphatic hydroxyl groups excluding tert-OH is 1. The van der Waals surface area contributed by atoms with Crippen LogP contribution in [0.4, 0.5) is 13.2 Å². The summed E-state index contributed by atoms with van der Waals surface area (Å²) in [6.45, 7) is 13.3. The molecule has 3 heterocycles. The van der Waals surface area contributed by atoms with Crippen LogP contribution in [0, 0.1) is 17.5 Å². The monoisotopic (exact) mass is 2200 g/mol. The number of nitrogens with one attached hydrogen (secondary N) is 3. The topological polar surface area (TPSA) is 507 Å². The number of carbonyl (C=O) groups excluding carboxylic acids is 8. The number of fused-ring (bicyclic) bond motifs is 3. The number of hydrazine groups is 1. The maximum absolute atomic E-state index is 14.1. The summed E-state index contributed by atoms with van der Waals surface area (Å²) >= 11 is 6.46. The van der Waals surface area contributed by atoms with Crippen LogP contribution in [0.15, 0.2) is 231 Å². The number of aromatic carboxylic acids is 1. The van der Waals surface area contributed by atoms with Gasteiger partial charge in [-0.1, -0.05) is 209 Å². The third-order valence-corrected chi connectivity index (χ3v) is 19.6. The van der Waals surface area contributed by atoms with Crippen LogP contribution in [0.3, 0.4) is 0 Å². The van der Waals surface area contributed by atoms with E-state index in [4.69, 9.17) is 101 Å². The number of hydrogen-bond acceptors (Lipinski definition) is 27. The number of aryl methyl sites for hydroxylation is 3. The molecule has 0 spiro atoms. The number of Topliss-reactive ketones (excluding diaryl/α,β-unsaturated/α-hetero) is 2. The number of halogens is 8. The maximum atomic E-state index is 14.1. The maximum Gasteiger partial charge on any atom is 1.00 e. The summed E-state index contributed by atoms with van der Waals surface area (Å²) in [6.07, 6.45) is 3.95. The van der Waals surface area contributed by atoms with Crippen molar-refractivity contribution in [2.24, 2.45) is 11.7 Å². The fourth-order valence-corrected chi connectivity index (χ4v) is 12.2. The molecule has 0 bridgehead atoms. The van der Waals surface area contributed by atoms with Gasteiger partial charge in [0.05, 0.1) is 72.6 Å². The number of ketones is 2. The molecule has 32 nitrogen and oxygen atoms in total. The van der Waals surface area contributed by atoms with Crippen LogP contribution in [0.2, 0.25) is 0 Å². The second kappa shape index (κ2) is 74.1. The normalized spacial score (nSPS) is 9.65. The zero-order valence-corrected chi connectivity index (χ0v) is 92.7. The summed E-state index contributed by atoms with van der Waals surface area (Å²) in [6, 6.07) is 67.1. The van der Waals surface area contributed by atoms with E-state index >= 15 is 0 Å². The number of carbonyl (C=O) groups is 10. The molecule has 11 aromatic carbocycles. The number of nitrogens with zero attached hydrogens (tertiary/aromatic N) is 3. The van der Waals surface area contributed by atoms with E-state index in [2.05, 4.69) is 91.6 Å². The van der Waals surface area contributed by atoms with Gasteiger partial charge in [-0.2, -0.15) is 15.3 Å². The number of aromatic nitrogens is 6. The first-order chi connectivity index (χ1) is 68.1. The Hall–Kier alpha value is -10.8. The number of phenolic OH excluding ortho intramolecular Hbond substituents is 1. The van der Waals surface area contributed by atoms with E-state index in [9.17, 15) is 56.6 Å². The number of hydrogen-bond donors (Lipinski definition) is 10. The molecule has 0 saturated heterocycles. The summed E-state index contributed by atoms with van der Waals surface area (Å²) < 4.78 is 76.6. The van der Waals surface area contributed by atoms with E-state index in [1.807, 2.05) is 178 Å². The quantitative estimate of drug-likeness (QED) is 0.00208. The van der Waals surface area contributed by atoms with Gasteiger partial charge >= 0.3 is 138 Å². The number of nitrogens with two attached hydrogens (primary N) is 2. The van der Waals surface area contributed by atoms with Crippen molar-refractivity contribution in [2.45, 2.75) is 125 Å². The van der Waals surface area contributed by atoms with Crippen molar-refractivity contribution < 1.29 is 234 Å². The smallest absolute Gasteiger partial charge is 1.00 e. The Labute approximate surface area is 945 Å². The first-order valence-corrected chi connectivity index (χ1v) is 49.5. The molecular formula is C101H107AlBrCl4F3K2N8O24. The van der Waals surface area contributed by atoms with Crippen LogP contribution in [0.1, 0.15) is 192 Å². The van der Waals surface area contributed by atoms with Crippen LogP contribution in [0.25, 0.3) is 32.7 Å². The van der Waals surface area contributed by atoms with Crippen molar-refractivity contribution in [3.8, 4) is 34.5 Å². The first-order valence-electron chi connectivity index (χ1n) is 42.7. The molecule has 0 aliphatic heterocycles. The Morgan fingerprint density at radius 1 is 0.465 bits per heavy atom. The number of aldehydes is 1. The number of carboxylic acids is 2.